The molecule has 0 bridgehead atoms. The van der Waals surface area contributed by atoms with E-state index in [-0.39, 0.29) is 0 Å². The summed E-state index contributed by atoms with van der Waals surface area (Å²) >= 11 is 0. The highest BCUT2D eigenvalue weighted by Gasteiger charge is 2.13. The van der Waals surface area contributed by atoms with Crippen molar-refractivity contribution in [1.29, 1.82) is 0 Å². The van der Waals surface area contributed by atoms with Crippen LogP contribution in [0.3, 0.4) is 0 Å². The third-order valence-corrected chi connectivity index (χ3v) is 3.37. The zero-order valence-corrected chi connectivity index (χ0v) is 14.3. The number of ether oxygens (including phenoxy) is 1. The van der Waals surface area contributed by atoms with Gasteiger partial charge in [0.1, 0.15) is 6.61 Å². The van der Waals surface area contributed by atoms with Crippen LogP contribution in [-0.2, 0) is 0 Å². The van der Waals surface area contributed by atoms with Crippen molar-refractivity contribution < 1.29 is 4.74 Å². The van der Waals surface area contributed by atoms with E-state index in [1.54, 1.807) is 0 Å². The van der Waals surface area contributed by atoms with Gasteiger partial charge in [0.05, 0.1) is 0 Å². The summed E-state index contributed by atoms with van der Waals surface area (Å²) in [5.74, 6) is 1.32. The standard InChI is InChI=1S/C16H30N4O/c1-7-8-17-16-18-11-14(6)15(19-16)21-10-9-20(12(2)3)13(4)5/h11-13H,7-10H2,1-6H3,(H,17,18,19). The molecule has 0 radical (unpaired) electrons. The summed E-state index contributed by atoms with van der Waals surface area (Å²) in [7, 11) is 0. The van der Waals surface area contributed by atoms with Gasteiger partial charge >= 0.3 is 0 Å². The number of nitrogens with one attached hydrogen (secondary N) is 1. The fraction of sp³-hybridized carbons (Fsp3) is 0.750. The first-order valence-corrected chi connectivity index (χ1v) is 7.91. The number of nitrogens with zero attached hydrogens (tertiary/aromatic N) is 3. The molecule has 21 heavy (non-hydrogen) atoms. The van der Waals surface area contributed by atoms with Gasteiger partial charge < -0.3 is 10.1 Å². The lowest BCUT2D eigenvalue weighted by Gasteiger charge is -2.30. The van der Waals surface area contributed by atoms with Gasteiger partial charge in [-0.3, -0.25) is 4.90 Å². The average Bonchev–Trinajstić information content (AvgIpc) is 2.42. The Balaban J connectivity index is 2.57. The van der Waals surface area contributed by atoms with Gasteiger partial charge in [0.15, 0.2) is 0 Å². The van der Waals surface area contributed by atoms with E-state index in [0.29, 0.717) is 30.5 Å². The first-order chi connectivity index (χ1) is 9.95. The lowest BCUT2D eigenvalue weighted by Crippen LogP contribution is -2.39. The fourth-order valence-electron chi connectivity index (χ4n) is 2.25. The fourth-order valence-corrected chi connectivity index (χ4v) is 2.25. The second-order valence-electron chi connectivity index (χ2n) is 5.88. The predicted molar refractivity (Wildman–Crippen MR) is 88.0 cm³/mol. The normalized spacial score (nSPS) is 11.5. The summed E-state index contributed by atoms with van der Waals surface area (Å²) < 4.78 is 5.86. The van der Waals surface area contributed by atoms with E-state index in [2.05, 4.69) is 54.8 Å². The molecule has 0 aliphatic carbocycles. The highest BCUT2D eigenvalue weighted by atomic mass is 16.5. The second kappa shape index (κ2) is 8.82. The van der Waals surface area contributed by atoms with Crippen LogP contribution in [0.2, 0.25) is 0 Å². The highest BCUT2D eigenvalue weighted by Crippen LogP contribution is 2.15. The Morgan fingerprint density at radius 2 is 1.90 bits per heavy atom. The molecule has 1 heterocycles. The molecular weight excluding hydrogens is 264 g/mol. The smallest absolute Gasteiger partial charge is 0.225 e. The molecule has 120 valence electrons. The largest absolute Gasteiger partial charge is 0.476 e. The van der Waals surface area contributed by atoms with Crippen molar-refractivity contribution in [3.8, 4) is 5.88 Å². The molecule has 1 N–H and O–H groups in total. The summed E-state index contributed by atoms with van der Waals surface area (Å²) in [6.07, 6.45) is 2.86. The SMILES string of the molecule is CCCNc1ncc(C)c(OCCN(C(C)C)C(C)C)n1. The van der Waals surface area contributed by atoms with Crippen LogP contribution < -0.4 is 10.1 Å². The van der Waals surface area contributed by atoms with E-state index in [0.717, 1.165) is 25.1 Å². The molecule has 0 aromatic carbocycles. The van der Waals surface area contributed by atoms with Crippen molar-refractivity contribution in [2.24, 2.45) is 0 Å². The molecule has 0 unspecified atom stereocenters. The second-order valence-corrected chi connectivity index (χ2v) is 5.88. The van der Waals surface area contributed by atoms with Crippen molar-refractivity contribution >= 4 is 5.95 Å². The zero-order chi connectivity index (χ0) is 15.8. The lowest BCUT2D eigenvalue weighted by molar-refractivity contribution is 0.140. The molecule has 0 fully saturated rings. The lowest BCUT2D eigenvalue weighted by atomic mass is 10.2. The summed E-state index contributed by atoms with van der Waals surface area (Å²) in [6.45, 7) is 15.3. The highest BCUT2D eigenvalue weighted by molar-refractivity contribution is 5.32. The van der Waals surface area contributed by atoms with Crippen molar-refractivity contribution in [1.82, 2.24) is 14.9 Å². The van der Waals surface area contributed by atoms with Crippen molar-refractivity contribution in [2.45, 2.75) is 60.0 Å². The first-order valence-electron chi connectivity index (χ1n) is 7.91. The molecule has 0 spiro atoms. The molecule has 0 aliphatic heterocycles. The quantitative estimate of drug-likeness (QED) is 0.758. The van der Waals surface area contributed by atoms with E-state index in [1.165, 1.54) is 0 Å². The van der Waals surface area contributed by atoms with E-state index in [4.69, 9.17) is 4.74 Å². The third-order valence-electron chi connectivity index (χ3n) is 3.37. The molecule has 1 aromatic heterocycles. The van der Waals surface area contributed by atoms with E-state index >= 15 is 0 Å². The van der Waals surface area contributed by atoms with E-state index < -0.39 is 0 Å². The number of anilines is 1. The predicted octanol–water partition coefficient (Wildman–Crippen LogP) is 3.10. The monoisotopic (exact) mass is 294 g/mol. The first kappa shape index (κ1) is 17.7. The van der Waals surface area contributed by atoms with Crippen LogP contribution in [0.15, 0.2) is 6.20 Å². The molecule has 0 amide bonds. The van der Waals surface area contributed by atoms with Gasteiger partial charge in [-0.15, -0.1) is 0 Å². The number of aryl methyl sites for hydroxylation is 1. The molecule has 0 atom stereocenters. The number of hydrogen-bond donors (Lipinski definition) is 1. The van der Waals surface area contributed by atoms with Crippen LogP contribution in [0.25, 0.3) is 0 Å². The van der Waals surface area contributed by atoms with Gasteiger partial charge in [0, 0.05) is 36.9 Å². The van der Waals surface area contributed by atoms with Gasteiger partial charge in [-0.2, -0.15) is 4.98 Å². The van der Waals surface area contributed by atoms with Crippen molar-refractivity contribution in [2.75, 3.05) is 25.0 Å². The van der Waals surface area contributed by atoms with Crippen LogP contribution in [-0.4, -0.2) is 46.6 Å². The Morgan fingerprint density at radius 1 is 1.24 bits per heavy atom. The van der Waals surface area contributed by atoms with Crippen LogP contribution in [0.4, 0.5) is 5.95 Å². The molecule has 0 saturated heterocycles. The van der Waals surface area contributed by atoms with E-state index in [1.807, 2.05) is 13.1 Å². The minimum atomic E-state index is 0.516. The molecule has 5 nitrogen and oxygen atoms in total. The minimum Gasteiger partial charge on any atom is -0.476 e. The van der Waals surface area contributed by atoms with Crippen molar-refractivity contribution in [3.63, 3.8) is 0 Å². The van der Waals surface area contributed by atoms with Crippen LogP contribution >= 0.6 is 0 Å². The van der Waals surface area contributed by atoms with Gasteiger partial charge in [-0.1, -0.05) is 6.92 Å². The summed E-state index contributed by atoms with van der Waals surface area (Å²) in [5, 5.41) is 3.18. The molecule has 5 heteroatoms. The van der Waals surface area contributed by atoms with Crippen LogP contribution in [0, 0.1) is 6.92 Å². The summed E-state index contributed by atoms with van der Waals surface area (Å²) in [5.41, 5.74) is 0.970. The van der Waals surface area contributed by atoms with Crippen LogP contribution in [0.5, 0.6) is 5.88 Å². The maximum atomic E-state index is 5.86. The van der Waals surface area contributed by atoms with Gasteiger partial charge in [0.2, 0.25) is 11.8 Å². The Bertz CT molecular complexity index is 413. The van der Waals surface area contributed by atoms with E-state index in [9.17, 15) is 0 Å². The summed E-state index contributed by atoms with van der Waals surface area (Å²) in [4.78, 5) is 11.1. The van der Waals surface area contributed by atoms with Gasteiger partial charge in [-0.05, 0) is 41.0 Å². The molecule has 1 aromatic rings. The van der Waals surface area contributed by atoms with Crippen LogP contribution in [0.1, 0.15) is 46.6 Å². The van der Waals surface area contributed by atoms with Gasteiger partial charge in [0.25, 0.3) is 0 Å². The Labute approximate surface area is 129 Å². The number of hydrogen-bond acceptors (Lipinski definition) is 5. The average molecular weight is 294 g/mol. The van der Waals surface area contributed by atoms with Crippen molar-refractivity contribution in [3.05, 3.63) is 11.8 Å². The molecule has 0 aliphatic rings. The Morgan fingerprint density at radius 3 is 2.48 bits per heavy atom. The molecular formula is C16H30N4O. The zero-order valence-electron chi connectivity index (χ0n) is 14.3. The number of rotatable bonds is 9. The Hall–Kier alpha value is -1.36. The maximum Gasteiger partial charge on any atom is 0.225 e. The van der Waals surface area contributed by atoms with Gasteiger partial charge in [-0.25, -0.2) is 4.98 Å². The maximum absolute atomic E-state index is 5.86. The number of aromatic nitrogens is 2. The Kier molecular flexibility index (Phi) is 7.43. The summed E-state index contributed by atoms with van der Waals surface area (Å²) in [6, 6.07) is 1.03. The third kappa shape index (κ3) is 5.87. The minimum absolute atomic E-state index is 0.516. The topological polar surface area (TPSA) is 50.3 Å². The molecule has 0 saturated carbocycles. The molecule has 1 rings (SSSR count).